The number of aliphatic hydroxyl groups excluding tert-OH is 1. The van der Waals surface area contributed by atoms with E-state index in [1.165, 1.54) is 0 Å². The molecule has 0 saturated heterocycles. The number of carbonyl (C=O) groups excluding carboxylic acids is 2. The van der Waals surface area contributed by atoms with Gasteiger partial charge in [-0.15, -0.1) is 12.4 Å². The summed E-state index contributed by atoms with van der Waals surface area (Å²) in [7, 11) is 0. The first kappa shape index (κ1) is 27.7. The summed E-state index contributed by atoms with van der Waals surface area (Å²) in [5, 5.41) is 14.3. The molecule has 2 N–H and O–H groups in total. The van der Waals surface area contributed by atoms with Crippen molar-refractivity contribution in [1.29, 1.82) is 0 Å². The Morgan fingerprint density at radius 1 is 1.06 bits per heavy atom. The summed E-state index contributed by atoms with van der Waals surface area (Å²) in [6, 6.07) is 12.3. The normalized spacial score (nSPS) is 15.1. The van der Waals surface area contributed by atoms with E-state index in [0.29, 0.717) is 18.0 Å². The first-order valence-corrected chi connectivity index (χ1v) is 11.2. The molecular weight excluding hydrogens is 485 g/mol. The molecule has 2 aromatic carbocycles. The second-order valence-corrected chi connectivity index (χ2v) is 8.06. The Labute approximate surface area is 209 Å². The molecule has 2 atom stereocenters. The van der Waals surface area contributed by atoms with E-state index in [2.05, 4.69) is 5.32 Å². The molecule has 1 heterocycles. The molecule has 1 aliphatic heterocycles. The second-order valence-electron chi connectivity index (χ2n) is 7.63. The molecule has 0 spiro atoms. The van der Waals surface area contributed by atoms with Crippen LogP contribution < -0.4 is 14.8 Å². The van der Waals surface area contributed by atoms with E-state index in [-0.39, 0.29) is 43.2 Å². The minimum Gasteiger partial charge on any atom is -0.460 e. The molecule has 0 saturated carbocycles. The summed E-state index contributed by atoms with van der Waals surface area (Å²) < 4.78 is 21.2. The molecule has 0 fully saturated rings. The van der Waals surface area contributed by atoms with E-state index in [0.717, 1.165) is 11.1 Å². The lowest BCUT2D eigenvalue weighted by molar-refractivity contribution is -0.202. The zero-order valence-electron chi connectivity index (χ0n) is 19.2. The summed E-state index contributed by atoms with van der Waals surface area (Å²) in [5.41, 5.74) is 1.62. The third kappa shape index (κ3) is 6.33. The van der Waals surface area contributed by atoms with Crippen LogP contribution in [0.25, 0.3) is 0 Å². The molecule has 0 radical (unpaired) electrons. The third-order valence-electron chi connectivity index (χ3n) is 5.04. The fourth-order valence-corrected chi connectivity index (χ4v) is 3.65. The molecule has 10 heteroatoms. The zero-order chi connectivity index (χ0) is 24.0. The average Bonchev–Trinajstić information content (AvgIpc) is 3.18. The SMILES string of the molecule is CCOC(=O)C1(C(=O)OCC)Oc2ccc(CC(C)NCC(O)c3cccc(Cl)c3)cc2O1.Cl. The van der Waals surface area contributed by atoms with Gasteiger partial charge in [0.15, 0.2) is 11.5 Å². The predicted molar refractivity (Wildman–Crippen MR) is 129 cm³/mol. The molecule has 34 heavy (non-hydrogen) atoms. The van der Waals surface area contributed by atoms with Crippen LogP contribution >= 0.6 is 24.0 Å². The fourth-order valence-electron chi connectivity index (χ4n) is 3.45. The molecule has 0 bridgehead atoms. The fraction of sp³-hybridized carbons (Fsp3) is 0.417. The summed E-state index contributed by atoms with van der Waals surface area (Å²) in [6.07, 6.45) is -0.0947. The van der Waals surface area contributed by atoms with Gasteiger partial charge in [-0.05, 0) is 62.6 Å². The Kier molecular flexibility index (Phi) is 10.00. The van der Waals surface area contributed by atoms with Crippen LogP contribution in [0.1, 0.15) is 38.0 Å². The van der Waals surface area contributed by atoms with Gasteiger partial charge in [-0.25, -0.2) is 9.59 Å². The van der Waals surface area contributed by atoms with Gasteiger partial charge in [-0.2, -0.15) is 0 Å². The maximum atomic E-state index is 12.5. The van der Waals surface area contributed by atoms with Crippen molar-refractivity contribution in [2.24, 2.45) is 0 Å². The summed E-state index contributed by atoms with van der Waals surface area (Å²) in [4.78, 5) is 25.0. The van der Waals surface area contributed by atoms with Crippen molar-refractivity contribution in [2.75, 3.05) is 19.8 Å². The molecule has 2 unspecified atom stereocenters. The van der Waals surface area contributed by atoms with E-state index in [1.54, 1.807) is 44.2 Å². The van der Waals surface area contributed by atoms with Crippen LogP contribution in [0.15, 0.2) is 42.5 Å². The van der Waals surface area contributed by atoms with E-state index in [4.69, 9.17) is 30.5 Å². The standard InChI is InChI=1S/C24H28ClNO7.ClH/c1-4-30-22(28)24(23(29)31-5-2)32-20-10-9-16(12-21(20)33-24)11-15(3)26-14-19(27)17-7-6-8-18(25)13-17;/h6-10,12-13,15,19,26-27H,4-5,11,14H2,1-3H3;1H. The Morgan fingerprint density at radius 3 is 2.32 bits per heavy atom. The number of fused-ring (bicyclic) bond motifs is 1. The van der Waals surface area contributed by atoms with Crippen molar-refractivity contribution in [3.8, 4) is 11.5 Å². The van der Waals surface area contributed by atoms with Gasteiger partial charge in [-0.1, -0.05) is 29.8 Å². The lowest BCUT2D eigenvalue weighted by Crippen LogP contribution is -2.55. The Bertz CT molecular complexity index is 983. The van der Waals surface area contributed by atoms with Crippen LogP contribution in [0.2, 0.25) is 5.02 Å². The number of rotatable bonds is 10. The lowest BCUT2D eigenvalue weighted by Gasteiger charge is -2.22. The number of ether oxygens (including phenoxy) is 4. The van der Waals surface area contributed by atoms with Gasteiger partial charge in [-0.3, -0.25) is 0 Å². The van der Waals surface area contributed by atoms with Gasteiger partial charge in [0.1, 0.15) is 0 Å². The minimum absolute atomic E-state index is 0. The first-order valence-electron chi connectivity index (χ1n) is 10.8. The first-order chi connectivity index (χ1) is 15.8. The van der Waals surface area contributed by atoms with Gasteiger partial charge in [0.2, 0.25) is 0 Å². The highest BCUT2D eigenvalue weighted by atomic mass is 35.5. The number of carbonyl (C=O) groups is 2. The molecule has 3 rings (SSSR count). The number of nitrogens with one attached hydrogen (secondary N) is 1. The summed E-state index contributed by atoms with van der Waals surface area (Å²) in [6.45, 7) is 5.68. The van der Waals surface area contributed by atoms with Crippen LogP contribution in [0.3, 0.4) is 0 Å². The number of halogens is 2. The molecule has 0 aromatic heterocycles. The highest BCUT2D eigenvalue weighted by Gasteiger charge is 2.59. The molecule has 2 aromatic rings. The number of esters is 2. The van der Waals surface area contributed by atoms with Crippen molar-refractivity contribution < 1.29 is 33.6 Å². The molecular formula is C24H29Cl2NO7. The number of benzene rings is 2. The quantitative estimate of drug-likeness (QED) is 0.366. The van der Waals surface area contributed by atoms with Crippen LogP contribution in [-0.2, 0) is 25.5 Å². The van der Waals surface area contributed by atoms with Crippen LogP contribution in [-0.4, -0.2) is 48.6 Å². The average molecular weight is 514 g/mol. The Balaban J connectivity index is 0.00000408. The number of hydrogen-bond donors (Lipinski definition) is 2. The van der Waals surface area contributed by atoms with E-state index in [9.17, 15) is 14.7 Å². The predicted octanol–water partition coefficient (Wildman–Crippen LogP) is 3.61. The van der Waals surface area contributed by atoms with Crippen molar-refractivity contribution in [3.63, 3.8) is 0 Å². The molecule has 8 nitrogen and oxygen atoms in total. The Morgan fingerprint density at radius 2 is 1.71 bits per heavy atom. The summed E-state index contributed by atoms with van der Waals surface area (Å²) >= 11 is 5.99. The molecule has 1 aliphatic rings. The molecule has 0 amide bonds. The van der Waals surface area contributed by atoms with Gasteiger partial charge in [0.05, 0.1) is 19.3 Å². The van der Waals surface area contributed by atoms with E-state index in [1.807, 2.05) is 19.1 Å². The maximum absolute atomic E-state index is 12.5. The monoisotopic (exact) mass is 513 g/mol. The van der Waals surface area contributed by atoms with Gasteiger partial charge < -0.3 is 29.4 Å². The van der Waals surface area contributed by atoms with Crippen molar-refractivity contribution >= 4 is 35.9 Å². The van der Waals surface area contributed by atoms with Gasteiger partial charge >= 0.3 is 17.7 Å². The third-order valence-corrected chi connectivity index (χ3v) is 5.27. The smallest absolute Gasteiger partial charge is 0.453 e. The Hall–Kier alpha value is -2.52. The van der Waals surface area contributed by atoms with Crippen molar-refractivity contribution in [2.45, 2.75) is 45.1 Å². The summed E-state index contributed by atoms with van der Waals surface area (Å²) in [5.74, 6) is -3.74. The molecule has 186 valence electrons. The van der Waals surface area contributed by atoms with E-state index >= 15 is 0 Å². The van der Waals surface area contributed by atoms with Crippen molar-refractivity contribution in [3.05, 3.63) is 58.6 Å². The minimum atomic E-state index is -2.31. The van der Waals surface area contributed by atoms with Crippen LogP contribution in [0.4, 0.5) is 0 Å². The zero-order valence-corrected chi connectivity index (χ0v) is 20.8. The van der Waals surface area contributed by atoms with Gasteiger partial charge in [0.25, 0.3) is 0 Å². The number of aliphatic hydroxyl groups is 1. The molecule has 0 aliphatic carbocycles. The highest BCUT2D eigenvalue weighted by Crippen LogP contribution is 2.41. The maximum Gasteiger partial charge on any atom is 0.453 e. The second kappa shape index (κ2) is 12.3. The largest absolute Gasteiger partial charge is 0.460 e. The highest BCUT2D eigenvalue weighted by molar-refractivity contribution is 6.30. The van der Waals surface area contributed by atoms with Crippen LogP contribution in [0.5, 0.6) is 11.5 Å². The number of hydrogen-bond acceptors (Lipinski definition) is 8. The van der Waals surface area contributed by atoms with Gasteiger partial charge in [0, 0.05) is 17.6 Å². The lowest BCUT2D eigenvalue weighted by atomic mass is 10.1. The van der Waals surface area contributed by atoms with Crippen LogP contribution in [0, 0.1) is 0 Å². The topological polar surface area (TPSA) is 103 Å². The van der Waals surface area contributed by atoms with Crippen molar-refractivity contribution in [1.82, 2.24) is 5.32 Å². The van der Waals surface area contributed by atoms with E-state index < -0.39 is 23.8 Å².